The highest BCUT2D eigenvalue weighted by atomic mass is 16.5. The van der Waals surface area contributed by atoms with Crippen LogP contribution in [0.25, 0.3) is 0 Å². The van der Waals surface area contributed by atoms with Gasteiger partial charge >= 0.3 is 0 Å². The highest BCUT2D eigenvalue weighted by Crippen LogP contribution is 2.15. The molecule has 1 fully saturated rings. The number of anilines is 1. The Morgan fingerprint density at radius 2 is 2.00 bits per heavy atom. The zero-order valence-corrected chi connectivity index (χ0v) is 11.4. The van der Waals surface area contributed by atoms with Crippen molar-refractivity contribution >= 4 is 11.6 Å². The highest BCUT2D eigenvalue weighted by molar-refractivity contribution is 5.92. The quantitative estimate of drug-likeness (QED) is 0.624. The summed E-state index contributed by atoms with van der Waals surface area (Å²) in [5.41, 5.74) is 6.51. The van der Waals surface area contributed by atoms with E-state index in [-0.39, 0.29) is 0 Å². The Morgan fingerprint density at radius 1 is 1.32 bits per heavy atom. The fraction of sp³-hybridized carbons (Fsp3) is 0.500. The second-order valence-corrected chi connectivity index (χ2v) is 4.66. The van der Waals surface area contributed by atoms with Crippen molar-refractivity contribution in [3.63, 3.8) is 0 Å². The molecule has 0 aliphatic carbocycles. The smallest absolute Gasteiger partial charge is 0.192 e. The first-order valence-corrected chi connectivity index (χ1v) is 6.72. The van der Waals surface area contributed by atoms with Crippen molar-refractivity contribution in [1.82, 2.24) is 4.90 Å². The molecule has 0 spiro atoms. The maximum absolute atomic E-state index is 5.72. The lowest BCUT2D eigenvalue weighted by Crippen LogP contribution is -2.25. The number of hydrogen-bond acceptors (Lipinski definition) is 3. The number of guanidine groups is 1. The molecule has 0 atom stereocenters. The zero-order chi connectivity index (χ0) is 13.5. The van der Waals surface area contributed by atoms with E-state index in [9.17, 15) is 0 Å². The lowest BCUT2D eigenvalue weighted by Gasteiger charge is -2.15. The van der Waals surface area contributed by atoms with E-state index in [0.717, 1.165) is 24.6 Å². The summed E-state index contributed by atoms with van der Waals surface area (Å²) in [6.45, 7) is 4.17. The molecule has 1 aliphatic heterocycles. The molecule has 1 heterocycles. The normalized spacial score (nSPS) is 16.6. The van der Waals surface area contributed by atoms with Crippen molar-refractivity contribution in [2.75, 3.05) is 38.6 Å². The SMILES string of the molecule is CN=C(N)Nc1ccc(OCCN2CCCC2)cc1. The summed E-state index contributed by atoms with van der Waals surface area (Å²) in [7, 11) is 1.65. The van der Waals surface area contributed by atoms with E-state index in [1.54, 1.807) is 7.05 Å². The van der Waals surface area contributed by atoms with Gasteiger partial charge in [0.05, 0.1) is 0 Å². The van der Waals surface area contributed by atoms with Crippen molar-refractivity contribution in [3.8, 4) is 5.75 Å². The predicted molar refractivity (Wildman–Crippen MR) is 78.8 cm³/mol. The molecule has 5 nitrogen and oxygen atoms in total. The maximum Gasteiger partial charge on any atom is 0.192 e. The molecule has 1 aromatic rings. The molecular weight excluding hydrogens is 240 g/mol. The Bertz CT molecular complexity index is 410. The Kier molecular flexibility index (Phi) is 5.03. The largest absolute Gasteiger partial charge is 0.492 e. The van der Waals surface area contributed by atoms with E-state index in [2.05, 4.69) is 15.2 Å². The van der Waals surface area contributed by atoms with Gasteiger partial charge in [0.1, 0.15) is 12.4 Å². The molecule has 0 aromatic heterocycles. The van der Waals surface area contributed by atoms with Crippen LogP contribution in [0.5, 0.6) is 5.75 Å². The summed E-state index contributed by atoms with van der Waals surface area (Å²) in [6.07, 6.45) is 2.64. The van der Waals surface area contributed by atoms with Gasteiger partial charge in [0.25, 0.3) is 0 Å². The predicted octanol–water partition coefficient (Wildman–Crippen LogP) is 1.52. The number of ether oxygens (including phenoxy) is 1. The van der Waals surface area contributed by atoms with Gasteiger partial charge in [0.2, 0.25) is 0 Å². The molecule has 0 bridgehead atoms. The fourth-order valence-corrected chi connectivity index (χ4v) is 2.14. The van der Waals surface area contributed by atoms with Gasteiger partial charge in [0, 0.05) is 19.3 Å². The second kappa shape index (κ2) is 6.99. The third-order valence-corrected chi connectivity index (χ3v) is 3.24. The monoisotopic (exact) mass is 262 g/mol. The molecule has 104 valence electrons. The van der Waals surface area contributed by atoms with Gasteiger partial charge in [-0.15, -0.1) is 0 Å². The van der Waals surface area contributed by atoms with Crippen molar-refractivity contribution in [1.29, 1.82) is 0 Å². The Labute approximate surface area is 114 Å². The van der Waals surface area contributed by atoms with Crippen LogP contribution in [-0.2, 0) is 0 Å². The number of benzene rings is 1. The van der Waals surface area contributed by atoms with Crippen LogP contribution in [0.3, 0.4) is 0 Å². The highest BCUT2D eigenvalue weighted by Gasteiger charge is 2.10. The minimum Gasteiger partial charge on any atom is -0.492 e. The average Bonchev–Trinajstić information content (AvgIpc) is 2.94. The molecule has 0 amide bonds. The summed E-state index contributed by atoms with van der Waals surface area (Å²) in [6, 6.07) is 7.75. The first-order valence-electron chi connectivity index (χ1n) is 6.72. The van der Waals surface area contributed by atoms with Crippen LogP contribution in [0.2, 0.25) is 0 Å². The van der Waals surface area contributed by atoms with Crippen LogP contribution in [0, 0.1) is 0 Å². The second-order valence-electron chi connectivity index (χ2n) is 4.66. The number of hydrogen-bond donors (Lipinski definition) is 2. The van der Waals surface area contributed by atoms with Crippen LogP contribution in [0.1, 0.15) is 12.8 Å². The summed E-state index contributed by atoms with van der Waals surface area (Å²) < 4.78 is 5.72. The van der Waals surface area contributed by atoms with Crippen molar-refractivity contribution in [3.05, 3.63) is 24.3 Å². The first-order chi connectivity index (χ1) is 9.28. The molecule has 3 N–H and O–H groups in total. The Balaban J connectivity index is 1.75. The van der Waals surface area contributed by atoms with Gasteiger partial charge in [-0.2, -0.15) is 0 Å². The van der Waals surface area contributed by atoms with Crippen LogP contribution < -0.4 is 15.8 Å². The van der Waals surface area contributed by atoms with E-state index in [1.165, 1.54) is 25.9 Å². The minimum absolute atomic E-state index is 0.405. The number of nitrogens with zero attached hydrogens (tertiary/aromatic N) is 2. The number of rotatable bonds is 5. The average molecular weight is 262 g/mol. The number of aliphatic imine (C=N–C) groups is 1. The Morgan fingerprint density at radius 3 is 2.63 bits per heavy atom. The number of nitrogens with one attached hydrogen (secondary N) is 1. The molecule has 0 saturated carbocycles. The van der Waals surface area contributed by atoms with Gasteiger partial charge in [-0.25, -0.2) is 0 Å². The molecule has 5 heteroatoms. The summed E-state index contributed by atoms with van der Waals surface area (Å²) >= 11 is 0. The first kappa shape index (κ1) is 13.7. The van der Waals surface area contributed by atoms with Gasteiger partial charge < -0.3 is 15.8 Å². The molecule has 19 heavy (non-hydrogen) atoms. The summed E-state index contributed by atoms with van der Waals surface area (Å²) in [5, 5.41) is 2.98. The number of likely N-dealkylation sites (tertiary alicyclic amines) is 1. The maximum atomic E-state index is 5.72. The third kappa shape index (κ3) is 4.44. The van der Waals surface area contributed by atoms with E-state index in [1.807, 2.05) is 24.3 Å². The van der Waals surface area contributed by atoms with E-state index >= 15 is 0 Å². The van der Waals surface area contributed by atoms with Gasteiger partial charge in [-0.05, 0) is 50.2 Å². The van der Waals surface area contributed by atoms with Crippen molar-refractivity contribution in [2.45, 2.75) is 12.8 Å². The van der Waals surface area contributed by atoms with Gasteiger partial charge in [-0.3, -0.25) is 9.89 Å². The molecule has 1 aliphatic rings. The molecule has 0 radical (unpaired) electrons. The molecule has 0 unspecified atom stereocenters. The molecule has 1 aromatic carbocycles. The van der Waals surface area contributed by atoms with Gasteiger partial charge in [-0.1, -0.05) is 0 Å². The standard InChI is InChI=1S/C14H22N4O/c1-16-14(15)17-12-4-6-13(7-5-12)19-11-10-18-8-2-3-9-18/h4-7H,2-3,8-11H2,1H3,(H3,15,16,17). The van der Waals surface area contributed by atoms with Crippen LogP contribution >= 0.6 is 0 Å². The summed E-state index contributed by atoms with van der Waals surface area (Å²) in [4.78, 5) is 6.29. The van der Waals surface area contributed by atoms with Gasteiger partial charge in [0.15, 0.2) is 5.96 Å². The minimum atomic E-state index is 0.405. The summed E-state index contributed by atoms with van der Waals surface area (Å²) in [5.74, 6) is 1.29. The van der Waals surface area contributed by atoms with Crippen LogP contribution in [-0.4, -0.2) is 44.1 Å². The number of nitrogens with two attached hydrogens (primary N) is 1. The topological polar surface area (TPSA) is 62.9 Å². The van der Waals surface area contributed by atoms with Crippen LogP contribution in [0.15, 0.2) is 29.3 Å². The molecule has 2 rings (SSSR count). The Hall–Kier alpha value is -1.75. The van der Waals surface area contributed by atoms with Crippen molar-refractivity contribution < 1.29 is 4.74 Å². The lowest BCUT2D eigenvalue weighted by atomic mass is 10.3. The van der Waals surface area contributed by atoms with Crippen LogP contribution in [0.4, 0.5) is 5.69 Å². The third-order valence-electron chi connectivity index (χ3n) is 3.24. The fourth-order valence-electron chi connectivity index (χ4n) is 2.14. The van der Waals surface area contributed by atoms with E-state index in [4.69, 9.17) is 10.5 Å². The molecular formula is C14H22N4O. The lowest BCUT2D eigenvalue weighted by molar-refractivity contribution is 0.238. The molecule has 1 saturated heterocycles. The van der Waals surface area contributed by atoms with E-state index < -0.39 is 0 Å². The van der Waals surface area contributed by atoms with Crippen molar-refractivity contribution in [2.24, 2.45) is 10.7 Å². The van der Waals surface area contributed by atoms with E-state index in [0.29, 0.717) is 5.96 Å². The zero-order valence-electron chi connectivity index (χ0n) is 11.4.